The Hall–Kier alpha value is -1.08. The highest BCUT2D eigenvalue weighted by atomic mass is 79.9. The van der Waals surface area contributed by atoms with Crippen molar-refractivity contribution in [3.8, 4) is 0 Å². The van der Waals surface area contributed by atoms with Gasteiger partial charge in [0.05, 0.1) is 17.3 Å². The fraction of sp³-hybridized carbons (Fsp3) is 0.462. The summed E-state index contributed by atoms with van der Waals surface area (Å²) in [7, 11) is 0. The largest absolute Gasteiger partial charge is 0.418 e. The smallest absolute Gasteiger partial charge is 0.324 e. The second kappa shape index (κ2) is 7.08. The summed E-state index contributed by atoms with van der Waals surface area (Å²) in [5.41, 5.74) is 4.46. The monoisotopic (exact) mass is 352 g/mol. The molecule has 1 atom stereocenters. The molecule has 1 aromatic carbocycles. The van der Waals surface area contributed by atoms with Gasteiger partial charge in [0.15, 0.2) is 0 Å². The molecule has 20 heavy (non-hydrogen) atoms. The maximum Gasteiger partial charge on any atom is 0.418 e. The lowest BCUT2D eigenvalue weighted by Gasteiger charge is -2.16. The van der Waals surface area contributed by atoms with E-state index >= 15 is 0 Å². The molecule has 3 nitrogen and oxygen atoms in total. The second-order valence-corrected chi connectivity index (χ2v) is 5.34. The minimum absolute atomic E-state index is 0.280. The molecule has 0 saturated heterocycles. The molecule has 0 aliphatic rings. The quantitative estimate of drug-likeness (QED) is 0.843. The molecule has 0 radical (unpaired) electrons. The zero-order valence-electron chi connectivity index (χ0n) is 10.9. The van der Waals surface area contributed by atoms with E-state index in [0.29, 0.717) is 6.42 Å². The zero-order valence-corrected chi connectivity index (χ0v) is 12.5. The second-order valence-electron chi connectivity index (χ2n) is 4.43. The van der Waals surface area contributed by atoms with Gasteiger partial charge in [0.2, 0.25) is 5.91 Å². The molecule has 1 unspecified atom stereocenters. The van der Waals surface area contributed by atoms with E-state index in [-0.39, 0.29) is 10.2 Å². The van der Waals surface area contributed by atoms with Crippen LogP contribution in [0, 0.1) is 0 Å². The van der Waals surface area contributed by atoms with Crippen molar-refractivity contribution in [1.29, 1.82) is 0 Å². The van der Waals surface area contributed by atoms with E-state index in [0.717, 1.165) is 18.9 Å². The first-order valence-electron chi connectivity index (χ1n) is 6.19. The van der Waals surface area contributed by atoms with Crippen LogP contribution in [0.3, 0.4) is 0 Å². The SMILES string of the molecule is CCCCC(N)C(=O)Nc1ccc(Br)cc1C(F)(F)F. The number of halogens is 4. The van der Waals surface area contributed by atoms with E-state index in [1.807, 2.05) is 6.92 Å². The number of nitrogens with two attached hydrogens (primary N) is 1. The first-order chi connectivity index (χ1) is 9.25. The van der Waals surface area contributed by atoms with Gasteiger partial charge in [-0.2, -0.15) is 13.2 Å². The Morgan fingerprint density at radius 3 is 2.65 bits per heavy atom. The van der Waals surface area contributed by atoms with Gasteiger partial charge in [0.1, 0.15) is 0 Å². The number of amides is 1. The molecule has 0 spiro atoms. The van der Waals surface area contributed by atoms with E-state index in [1.165, 1.54) is 12.1 Å². The van der Waals surface area contributed by atoms with Crippen LogP contribution in [0.2, 0.25) is 0 Å². The number of rotatable bonds is 5. The van der Waals surface area contributed by atoms with Crippen LogP contribution in [0.25, 0.3) is 0 Å². The standard InChI is InChI=1S/C13H16BrF3N2O/c1-2-3-4-10(18)12(20)19-11-6-5-8(14)7-9(11)13(15,16)17/h5-7,10H,2-4,18H2,1H3,(H,19,20). The molecule has 1 amide bonds. The molecule has 0 aliphatic carbocycles. The summed E-state index contributed by atoms with van der Waals surface area (Å²) in [4.78, 5) is 11.8. The van der Waals surface area contributed by atoms with Gasteiger partial charge in [-0.05, 0) is 24.6 Å². The van der Waals surface area contributed by atoms with Crippen LogP contribution in [0.4, 0.5) is 18.9 Å². The number of hydrogen-bond donors (Lipinski definition) is 2. The van der Waals surface area contributed by atoms with Crippen molar-refractivity contribution in [2.24, 2.45) is 5.73 Å². The molecule has 0 bridgehead atoms. The molecule has 0 heterocycles. The highest BCUT2D eigenvalue weighted by molar-refractivity contribution is 9.10. The van der Waals surface area contributed by atoms with Crippen LogP contribution >= 0.6 is 15.9 Å². The summed E-state index contributed by atoms with van der Waals surface area (Å²) in [6, 6.07) is 2.76. The lowest BCUT2D eigenvalue weighted by atomic mass is 10.1. The van der Waals surface area contributed by atoms with Crippen molar-refractivity contribution >= 4 is 27.5 Å². The number of hydrogen-bond acceptors (Lipinski definition) is 2. The third-order valence-corrected chi connectivity index (χ3v) is 3.24. The molecule has 1 rings (SSSR count). The first-order valence-corrected chi connectivity index (χ1v) is 6.98. The topological polar surface area (TPSA) is 55.1 Å². The maximum absolute atomic E-state index is 12.9. The summed E-state index contributed by atoms with van der Waals surface area (Å²) in [6.45, 7) is 1.95. The average Bonchev–Trinajstić information content (AvgIpc) is 2.36. The Kier molecular flexibility index (Phi) is 6.01. The van der Waals surface area contributed by atoms with Gasteiger partial charge < -0.3 is 11.1 Å². The van der Waals surface area contributed by atoms with E-state index in [9.17, 15) is 18.0 Å². The summed E-state index contributed by atoms with van der Waals surface area (Å²) in [5.74, 6) is -0.605. The third kappa shape index (κ3) is 4.79. The maximum atomic E-state index is 12.9. The van der Waals surface area contributed by atoms with Crippen LogP contribution in [-0.4, -0.2) is 11.9 Å². The van der Waals surface area contributed by atoms with Crippen molar-refractivity contribution in [3.63, 3.8) is 0 Å². The minimum Gasteiger partial charge on any atom is -0.324 e. The van der Waals surface area contributed by atoms with Gasteiger partial charge in [-0.3, -0.25) is 4.79 Å². The number of unbranched alkanes of at least 4 members (excludes halogenated alkanes) is 1. The van der Waals surface area contributed by atoms with Gasteiger partial charge in [-0.1, -0.05) is 35.7 Å². The zero-order chi connectivity index (χ0) is 15.3. The number of carbonyl (C=O) groups excluding carboxylic acids is 1. The highest BCUT2D eigenvalue weighted by Gasteiger charge is 2.34. The molecule has 0 aliphatic heterocycles. The van der Waals surface area contributed by atoms with Crippen molar-refractivity contribution in [2.45, 2.75) is 38.4 Å². The predicted molar refractivity (Wildman–Crippen MR) is 75.3 cm³/mol. The lowest BCUT2D eigenvalue weighted by molar-refractivity contribution is -0.137. The summed E-state index contributed by atoms with van der Waals surface area (Å²) in [5, 5.41) is 2.25. The van der Waals surface area contributed by atoms with E-state index < -0.39 is 23.7 Å². The number of carbonyl (C=O) groups is 1. The molecular formula is C13H16BrF3N2O. The molecule has 7 heteroatoms. The first kappa shape index (κ1) is 17.0. The van der Waals surface area contributed by atoms with Crippen LogP contribution in [0.1, 0.15) is 31.7 Å². The Balaban J connectivity index is 2.90. The number of alkyl halides is 3. The van der Waals surface area contributed by atoms with Gasteiger partial charge in [-0.25, -0.2) is 0 Å². The van der Waals surface area contributed by atoms with E-state index in [1.54, 1.807) is 0 Å². The molecule has 0 aromatic heterocycles. The normalized spacial score (nSPS) is 13.1. The molecule has 1 aromatic rings. The van der Waals surface area contributed by atoms with Gasteiger partial charge in [-0.15, -0.1) is 0 Å². The van der Waals surface area contributed by atoms with Crippen molar-refractivity contribution in [3.05, 3.63) is 28.2 Å². The Bertz CT molecular complexity index is 477. The fourth-order valence-corrected chi connectivity index (χ4v) is 2.00. The number of benzene rings is 1. The van der Waals surface area contributed by atoms with Gasteiger partial charge >= 0.3 is 6.18 Å². The Labute approximate surface area is 123 Å². The van der Waals surface area contributed by atoms with Crippen molar-refractivity contribution in [1.82, 2.24) is 0 Å². The Morgan fingerprint density at radius 1 is 1.45 bits per heavy atom. The minimum atomic E-state index is -4.54. The number of nitrogens with one attached hydrogen (secondary N) is 1. The predicted octanol–water partition coefficient (Wildman–Crippen LogP) is 3.92. The summed E-state index contributed by atoms with van der Waals surface area (Å²) < 4.78 is 38.9. The molecular weight excluding hydrogens is 337 g/mol. The van der Waals surface area contributed by atoms with E-state index in [2.05, 4.69) is 21.2 Å². The van der Waals surface area contributed by atoms with Crippen LogP contribution in [0.15, 0.2) is 22.7 Å². The van der Waals surface area contributed by atoms with Gasteiger partial charge in [0, 0.05) is 4.47 Å². The van der Waals surface area contributed by atoms with Crippen molar-refractivity contribution < 1.29 is 18.0 Å². The summed E-state index contributed by atoms with van der Waals surface area (Å²) >= 11 is 2.98. The molecule has 3 N–H and O–H groups in total. The van der Waals surface area contributed by atoms with Crippen LogP contribution in [0.5, 0.6) is 0 Å². The third-order valence-electron chi connectivity index (χ3n) is 2.75. The molecule has 0 saturated carbocycles. The number of anilines is 1. The van der Waals surface area contributed by atoms with Gasteiger partial charge in [0.25, 0.3) is 0 Å². The van der Waals surface area contributed by atoms with E-state index in [4.69, 9.17) is 5.73 Å². The van der Waals surface area contributed by atoms with Crippen LogP contribution < -0.4 is 11.1 Å². The van der Waals surface area contributed by atoms with Crippen LogP contribution in [-0.2, 0) is 11.0 Å². The Morgan fingerprint density at radius 2 is 2.10 bits per heavy atom. The fourth-order valence-electron chi connectivity index (χ4n) is 1.64. The lowest BCUT2D eigenvalue weighted by Crippen LogP contribution is -2.36. The molecule has 112 valence electrons. The highest BCUT2D eigenvalue weighted by Crippen LogP contribution is 2.36. The average molecular weight is 353 g/mol. The van der Waals surface area contributed by atoms with Crippen molar-refractivity contribution in [2.75, 3.05) is 5.32 Å². The summed E-state index contributed by atoms with van der Waals surface area (Å²) in [6.07, 6.45) is -2.48. The molecule has 0 fully saturated rings.